The predicted molar refractivity (Wildman–Crippen MR) is 158 cm³/mol. The number of ether oxygens (including phenoxy) is 2. The van der Waals surface area contributed by atoms with Crippen LogP contribution in [0.4, 0.5) is 11.4 Å². The van der Waals surface area contributed by atoms with Gasteiger partial charge in [0.15, 0.2) is 5.17 Å². The molecule has 1 N–H and O–H groups in total. The highest BCUT2D eigenvalue weighted by Crippen LogP contribution is 2.31. The van der Waals surface area contributed by atoms with Crippen molar-refractivity contribution in [3.05, 3.63) is 89.0 Å². The third-order valence-electron chi connectivity index (χ3n) is 6.46. The van der Waals surface area contributed by atoms with Crippen molar-refractivity contribution < 1.29 is 23.9 Å². The van der Waals surface area contributed by atoms with Gasteiger partial charge in [-0.2, -0.15) is 0 Å². The van der Waals surface area contributed by atoms with Crippen molar-refractivity contribution in [1.82, 2.24) is 4.90 Å². The molecule has 1 aliphatic heterocycles. The van der Waals surface area contributed by atoms with Gasteiger partial charge in [-0.05, 0) is 80.8 Å². The number of carbonyl (C=O) groups is 3. The maximum atomic E-state index is 13.4. The van der Waals surface area contributed by atoms with Gasteiger partial charge in [0, 0.05) is 18.7 Å². The molecule has 8 nitrogen and oxygen atoms in total. The van der Waals surface area contributed by atoms with E-state index in [2.05, 4.69) is 5.32 Å². The number of aryl methyl sites for hydroxylation is 2. The Balaban J connectivity index is 1.56. The molecule has 0 aliphatic carbocycles. The Bertz CT molecular complexity index is 1400. The third kappa shape index (κ3) is 7.30. The lowest BCUT2D eigenvalue weighted by molar-refractivity contribution is -0.129. The van der Waals surface area contributed by atoms with Crippen molar-refractivity contribution in [2.24, 2.45) is 4.99 Å². The van der Waals surface area contributed by atoms with Crippen molar-refractivity contribution in [2.75, 3.05) is 25.6 Å². The van der Waals surface area contributed by atoms with E-state index in [1.54, 1.807) is 43.2 Å². The first-order valence-corrected chi connectivity index (χ1v) is 14.0. The first kappa shape index (κ1) is 28.9. The number of aliphatic imine (C=N–C) groups is 1. The largest absolute Gasteiger partial charge is 0.497 e. The Kier molecular flexibility index (Phi) is 9.60. The van der Waals surface area contributed by atoms with Gasteiger partial charge in [-0.1, -0.05) is 41.6 Å². The van der Waals surface area contributed by atoms with Crippen molar-refractivity contribution >= 4 is 46.1 Å². The fourth-order valence-corrected chi connectivity index (χ4v) is 5.38. The van der Waals surface area contributed by atoms with Crippen molar-refractivity contribution in [3.63, 3.8) is 0 Å². The van der Waals surface area contributed by atoms with Crippen LogP contribution in [0.3, 0.4) is 0 Å². The summed E-state index contributed by atoms with van der Waals surface area (Å²) in [6, 6.07) is 20.2. The Morgan fingerprint density at radius 1 is 1.05 bits per heavy atom. The molecule has 1 atom stereocenters. The minimum Gasteiger partial charge on any atom is -0.497 e. The summed E-state index contributed by atoms with van der Waals surface area (Å²) in [6.45, 7) is 6.38. The van der Waals surface area contributed by atoms with Crippen molar-refractivity contribution in [1.29, 1.82) is 0 Å². The predicted octanol–water partition coefficient (Wildman–Crippen LogP) is 5.69. The number of nitrogens with zero attached hydrogens (tertiary/aromatic N) is 2. The van der Waals surface area contributed by atoms with Crippen LogP contribution in [-0.4, -0.2) is 53.4 Å². The maximum absolute atomic E-state index is 13.4. The lowest BCUT2D eigenvalue weighted by Crippen LogP contribution is -2.46. The van der Waals surface area contributed by atoms with Gasteiger partial charge in [-0.25, -0.2) is 9.79 Å². The second-order valence-electron chi connectivity index (χ2n) is 9.42. The molecule has 40 heavy (non-hydrogen) atoms. The fourth-order valence-electron chi connectivity index (χ4n) is 4.26. The normalized spacial score (nSPS) is 16.1. The van der Waals surface area contributed by atoms with Crippen LogP contribution in [0.1, 0.15) is 40.4 Å². The van der Waals surface area contributed by atoms with E-state index >= 15 is 0 Å². The van der Waals surface area contributed by atoms with Crippen LogP contribution in [0.25, 0.3) is 0 Å². The van der Waals surface area contributed by atoms with Crippen LogP contribution >= 0.6 is 11.8 Å². The highest BCUT2D eigenvalue weighted by Gasteiger charge is 2.36. The van der Waals surface area contributed by atoms with E-state index in [1.807, 2.05) is 56.3 Å². The summed E-state index contributed by atoms with van der Waals surface area (Å²) in [5.74, 6) is -0.0619. The quantitative estimate of drug-likeness (QED) is 0.338. The highest BCUT2D eigenvalue weighted by molar-refractivity contribution is 8.15. The molecule has 0 saturated carbocycles. The number of nitrogens with one attached hydrogen (secondary N) is 1. The first-order valence-electron chi connectivity index (χ1n) is 13.1. The Morgan fingerprint density at radius 2 is 1.77 bits per heavy atom. The second-order valence-corrected chi connectivity index (χ2v) is 10.6. The average molecular weight is 560 g/mol. The first-order chi connectivity index (χ1) is 19.3. The minimum absolute atomic E-state index is 0.0604. The van der Waals surface area contributed by atoms with Gasteiger partial charge in [0.25, 0.3) is 0 Å². The summed E-state index contributed by atoms with van der Waals surface area (Å²) in [7, 11) is 1.62. The molecule has 3 aromatic carbocycles. The zero-order valence-electron chi connectivity index (χ0n) is 23.1. The second kappa shape index (κ2) is 13.3. The fraction of sp³-hybridized carbons (Fsp3) is 0.290. The average Bonchev–Trinajstić information content (AvgIpc) is 2.94. The number of esters is 1. The summed E-state index contributed by atoms with van der Waals surface area (Å²) in [5.41, 5.74) is 4.81. The molecule has 1 heterocycles. The summed E-state index contributed by atoms with van der Waals surface area (Å²) < 4.78 is 10.3. The molecule has 1 aliphatic rings. The Labute approximate surface area is 238 Å². The summed E-state index contributed by atoms with van der Waals surface area (Å²) in [6.07, 6.45) is 0.668. The number of amidine groups is 1. The molecule has 4 rings (SSSR count). The summed E-state index contributed by atoms with van der Waals surface area (Å²) in [4.78, 5) is 45.1. The van der Waals surface area contributed by atoms with Crippen molar-refractivity contribution in [3.8, 4) is 5.75 Å². The number of benzene rings is 3. The molecule has 1 fully saturated rings. The van der Waals surface area contributed by atoms with Crippen LogP contribution < -0.4 is 10.1 Å². The molecule has 9 heteroatoms. The maximum Gasteiger partial charge on any atom is 0.338 e. The van der Waals surface area contributed by atoms with E-state index in [0.29, 0.717) is 29.4 Å². The standard InChI is InChI=1S/C31H33N3O5S/c1-5-39-30(37)23-9-11-24(12-10-23)32-31-34(17-16-22-7-13-25(38-4)14-8-22)28(35)19-27(40-31)29(36)33-26-15-6-20(2)18-21(26)3/h6-15,18,27H,5,16-17,19H2,1-4H3,(H,33,36). The van der Waals surface area contributed by atoms with Gasteiger partial charge in [0.1, 0.15) is 11.0 Å². The molecule has 0 bridgehead atoms. The zero-order chi connectivity index (χ0) is 28.6. The molecule has 3 aromatic rings. The molecular weight excluding hydrogens is 526 g/mol. The Morgan fingerprint density at radius 3 is 2.42 bits per heavy atom. The van der Waals surface area contributed by atoms with E-state index < -0.39 is 11.2 Å². The van der Waals surface area contributed by atoms with E-state index in [-0.39, 0.29) is 24.8 Å². The topological polar surface area (TPSA) is 97.3 Å². The van der Waals surface area contributed by atoms with Gasteiger partial charge in [0.2, 0.25) is 11.8 Å². The smallest absolute Gasteiger partial charge is 0.338 e. The minimum atomic E-state index is -0.636. The van der Waals surface area contributed by atoms with E-state index in [9.17, 15) is 14.4 Å². The van der Waals surface area contributed by atoms with Crippen molar-refractivity contribution in [2.45, 2.75) is 38.9 Å². The number of rotatable bonds is 9. The van der Waals surface area contributed by atoms with E-state index in [1.165, 1.54) is 11.8 Å². The summed E-state index contributed by atoms with van der Waals surface area (Å²) in [5, 5.41) is 2.78. The summed E-state index contributed by atoms with van der Waals surface area (Å²) >= 11 is 1.27. The number of methoxy groups -OCH3 is 1. The molecule has 1 unspecified atom stereocenters. The SMILES string of the molecule is CCOC(=O)c1ccc(N=C2SC(C(=O)Nc3ccc(C)cc3C)CC(=O)N2CCc2ccc(OC)cc2)cc1. The van der Waals surface area contributed by atoms with Crippen LogP contribution in [0.5, 0.6) is 5.75 Å². The van der Waals surface area contributed by atoms with Gasteiger partial charge in [-0.3, -0.25) is 14.5 Å². The number of thioether (sulfide) groups is 1. The highest BCUT2D eigenvalue weighted by atomic mass is 32.2. The number of hydrogen-bond acceptors (Lipinski definition) is 7. The molecule has 0 aromatic heterocycles. The van der Waals surface area contributed by atoms with E-state index in [0.717, 1.165) is 28.1 Å². The monoisotopic (exact) mass is 559 g/mol. The van der Waals surface area contributed by atoms with Crippen LogP contribution in [-0.2, 0) is 20.7 Å². The molecule has 208 valence electrons. The van der Waals surface area contributed by atoms with Crippen LogP contribution in [0, 0.1) is 13.8 Å². The van der Waals surface area contributed by atoms with Crippen LogP contribution in [0.2, 0.25) is 0 Å². The van der Waals surface area contributed by atoms with Gasteiger partial charge < -0.3 is 14.8 Å². The van der Waals surface area contributed by atoms with E-state index in [4.69, 9.17) is 14.5 Å². The van der Waals surface area contributed by atoms with Gasteiger partial charge >= 0.3 is 5.97 Å². The number of hydrogen-bond donors (Lipinski definition) is 1. The third-order valence-corrected chi connectivity index (χ3v) is 7.65. The van der Waals surface area contributed by atoms with Crippen LogP contribution in [0.15, 0.2) is 71.7 Å². The zero-order valence-corrected chi connectivity index (χ0v) is 23.9. The number of amides is 2. The molecule has 2 amide bonds. The molecular formula is C31H33N3O5S. The number of carbonyl (C=O) groups excluding carboxylic acids is 3. The Hall–Kier alpha value is -4.11. The lowest BCUT2D eigenvalue weighted by atomic mass is 10.1. The molecule has 0 radical (unpaired) electrons. The van der Waals surface area contributed by atoms with Gasteiger partial charge in [0.05, 0.1) is 25.0 Å². The molecule has 0 spiro atoms. The molecule has 1 saturated heterocycles. The lowest BCUT2D eigenvalue weighted by Gasteiger charge is -2.32. The number of anilines is 1. The van der Waals surface area contributed by atoms with Gasteiger partial charge in [-0.15, -0.1) is 0 Å².